The molecule has 0 aliphatic rings. The molecule has 0 saturated carbocycles. The third-order valence-corrected chi connectivity index (χ3v) is 2.65. The molecule has 0 aliphatic carbocycles. The maximum absolute atomic E-state index is 12.1. The van der Waals surface area contributed by atoms with Gasteiger partial charge in [-0.05, 0) is 12.1 Å². The molecular formula is C11H10ClN3O. The highest BCUT2D eigenvalue weighted by Crippen LogP contribution is 2.24. The number of ketones is 1. The third kappa shape index (κ3) is 1.67. The number of aromatic nitrogens is 2. The topological polar surface area (TPSA) is 60.9 Å². The monoisotopic (exact) mass is 235 g/mol. The molecule has 0 radical (unpaired) electrons. The number of nitrogen functional groups attached to an aromatic ring is 1. The first-order valence-corrected chi connectivity index (χ1v) is 5.05. The number of para-hydroxylation sites is 1. The van der Waals surface area contributed by atoms with Gasteiger partial charge in [0, 0.05) is 19.4 Å². The van der Waals surface area contributed by atoms with E-state index in [0.29, 0.717) is 16.4 Å². The molecule has 2 rings (SSSR count). The number of carbonyl (C=O) groups excluding carboxylic acids is 1. The van der Waals surface area contributed by atoms with E-state index in [1.165, 1.54) is 0 Å². The lowest BCUT2D eigenvalue weighted by atomic mass is 10.1. The summed E-state index contributed by atoms with van der Waals surface area (Å²) in [4.78, 5) is 16.1. The van der Waals surface area contributed by atoms with E-state index in [0.717, 1.165) is 0 Å². The first kappa shape index (κ1) is 10.7. The molecule has 0 bridgehead atoms. The van der Waals surface area contributed by atoms with Crippen molar-refractivity contribution in [1.29, 1.82) is 0 Å². The second kappa shape index (κ2) is 3.98. The summed E-state index contributed by atoms with van der Waals surface area (Å²) in [6.07, 6.45) is 3.27. The van der Waals surface area contributed by atoms with Crippen molar-refractivity contribution in [2.75, 3.05) is 5.73 Å². The number of hydrogen-bond acceptors (Lipinski definition) is 3. The Bertz CT molecular complexity index is 548. The summed E-state index contributed by atoms with van der Waals surface area (Å²) in [7, 11) is 1.75. The van der Waals surface area contributed by atoms with Gasteiger partial charge >= 0.3 is 0 Å². The number of rotatable bonds is 2. The highest BCUT2D eigenvalue weighted by Gasteiger charge is 2.17. The minimum Gasteiger partial charge on any atom is -0.397 e. The molecule has 0 fully saturated rings. The van der Waals surface area contributed by atoms with Crippen LogP contribution in [0, 0.1) is 0 Å². The number of anilines is 1. The van der Waals surface area contributed by atoms with Crippen LogP contribution in [0.1, 0.15) is 16.2 Å². The van der Waals surface area contributed by atoms with Crippen LogP contribution in [-0.4, -0.2) is 15.3 Å². The quantitative estimate of drug-likeness (QED) is 0.639. The largest absolute Gasteiger partial charge is 0.397 e. The molecule has 1 heterocycles. The molecule has 16 heavy (non-hydrogen) atoms. The van der Waals surface area contributed by atoms with Gasteiger partial charge in [0.15, 0.2) is 5.82 Å². The van der Waals surface area contributed by atoms with Crippen molar-refractivity contribution in [3.8, 4) is 0 Å². The highest BCUT2D eigenvalue weighted by atomic mass is 35.5. The van der Waals surface area contributed by atoms with E-state index in [2.05, 4.69) is 4.98 Å². The Balaban J connectivity index is 2.50. The molecular weight excluding hydrogens is 226 g/mol. The van der Waals surface area contributed by atoms with E-state index < -0.39 is 0 Å². The van der Waals surface area contributed by atoms with Gasteiger partial charge in [0.25, 0.3) is 0 Å². The Morgan fingerprint density at radius 1 is 1.50 bits per heavy atom. The summed E-state index contributed by atoms with van der Waals surface area (Å²) in [5, 5.41) is 0.375. The maximum Gasteiger partial charge on any atom is 0.230 e. The Hall–Kier alpha value is -1.81. The second-order valence-corrected chi connectivity index (χ2v) is 3.80. The molecule has 0 atom stereocenters. The summed E-state index contributed by atoms with van der Waals surface area (Å²) in [6, 6.07) is 4.97. The van der Waals surface area contributed by atoms with Gasteiger partial charge in [0.2, 0.25) is 5.78 Å². The SMILES string of the molecule is Cn1ccnc1C(=O)c1cccc(Cl)c1N. The zero-order valence-electron chi connectivity index (χ0n) is 8.64. The molecule has 1 aromatic heterocycles. The maximum atomic E-state index is 12.1. The van der Waals surface area contributed by atoms with Crippen molar-refractivity contribution < 1.29 is 4.79 Å². The second-order valence-electron chi connectivity index (χ2n) is 3.39. The number of nitrogens with zero attached hydrogens (tertiary/aromatic N) is 2. The minimum absolute atomic E-state index is 0.229. The van der Waals surface area contributed by atoms with Crippen molar-refractivity contribution >= 4 is 23.1 Å². The molecule has 0 unspecified atom stereocenters. The average Bonchev–Trinajstić information content (AvgIpc) is 2.68. The van der Waals surface area contributed by atoms with Crippen LogP contribution in [0.15, 0.2) is 30.6 Å². The number of imidazole rings is 1. The van der Waals surface area contributed by atoms with Crippen molar-refractivity contribution in [2.45, 2.75) is 0 Å². The Labute approximate surface area is 97.7 Å². The first-order chi connectivity index (χ1) is 7.61. The lowest BCUT2D eigenvalue weighted by Gasteiger charge is -2.05. The molecule has 0 spiro atoms. The van der Waals surface area contributed by atoms with E-state index in [-0.39, 0.29) is 11.5 Å². The van der Waals surface area contributed by atoms with Crippen molar-refractivity contribution in [3.05, 3.63) is 47.0 Å². The van der Waals surface area contributed by atoms with Crippen LogP contribution in [0.25, 0.3) is 0 Å². The summed E-state index contributed by atoms with van der Waals surface area (Å²) in [5.41, 5.74) is 6.42. The third-order valence-electron chi connectivity index (χ3n) is 2.32. The zero-order chi connectivity index (χ0) is 11.7. The molecule has 4 nitrogen and oxygen atoms in total. The van der Waals surface area contributed by atoms with Gasteiger partial charge in [-0.2, -0.15) is 0 Å². The van der Waals surface area contributed by atoms with Crippen LogP contribution >= 0.6 is 11.6 Å². The summed E-state index contributed by atoms with van der Waals surface area (Å²) in [6.45, 7) is 0. The number of benzene rings is 1. The van der Waals surface area contributed by atoms with E-state index in [4.69, 9.17) is 17.3 Å². The predicted molar refractivity (Wildman–Crippen MR) is 62.5 cm³/mol. The van der Waals surface area contributed by atoms with E-state index >= 15 is 0 Å². The fourth-order valence-corrected chi connectivity index (χ4v) is 1.61. The van der Waals surface area contributed by atoms with E-state index in [1.54, 1.807) is 42.2 Å². The van der Waals surface area contributed by atoms with Gasteiger partial charge in [0.1, 0.15) is 0 Å². The molecule has 1 aromatic carbocycles. The van der Waals surface area contributed by atoms with Crippen LogP contribution in [0.4, 0.5) is 5.69 Å². The van der Waals surface area contributed by atoms with E-state index in [9.17, 15) is 4.79 Å². The van der Waals surface area contributed by atoms with Gasteiger partial charge in [0.05, 0.1) is 16.3 Å². The highest BCUT2D eigenvalue weighted by molar-refractivity contribution is 6.34. The van der Waals surface area contributed by atoms with Crippen molar-refractivity contribution in [1.82, 2.24) is 9.55 Å². The van der Waals surface area contributed by atoms with Gasteiger partial charge in [-0.25, -0.2) is 4.98 Å². The average molecular weight is 236 g/mol. The fraction of sp³-hybridized carbons (Fsp3) is 0.0909. The minimum atomic E-state index is -0.229. The number of nitrogens with two attached hydrogens (primary N) is 1. The summed E-state index contributed by atoms with van der Waals surface area (Å²) in [5.74, 6) is 0.112. The van der Waals surface area contributed by atoms with Gasteiger partial charge in [-0.3, -0.25) is 4.79 Å². The Kier molecular flexibility index (Phi) is 2.66. The number of hydrogen-bond donors (Lipinski definition) is 1. The molecule has 0 saturated heterocycles. The molecule has 0 amide bonds. The summed E-state index contributed by atoms with van der Waals surface area (Å²) >= 11 is 5.85. The molecule has 2 aromatic rings. The number of aryl methyl sites for hydroxylation is 1. The molecule has 0 aliphatic heterocycles. The van der Waals surface area contributed by atoms with Crippen molar-refractivity contribution in [2.24, 2.45) is 7.05 Å². The van der Waals surface area contributed by atoms with Gasteiger partial charge < -0.3 is 10.3 Å². The Morgan fingerprint density at radius 2 is 2.25 bits per heavy atom. The van der Waals surface area contributed by atoms with Crippen LogP contribution < -0.4 is 5.73 Å². The molecule has 2 N–H and O–H groups in total. The normalized spacial score (nSPS) is 10.4. The standard InChI is InChI=1S/C11H10ClN3O/c1-15-6-5-14-11(15)10(16)7-3-2-4-8(12)9(7)13/h2-6H,13H2,1H3. The van der Waals surface area contributed by atoms with Crippen molar-refractivity contribution in [3.63, 3.8) is 0 Å². The van der Waals surface area contributed by atoms with Gasteiger partial charge in [-0.1, -0.05) is 17.7 Å². The van der Waals surface area contributed by atoms with Gasteiger partial charge in [-0.15, -0.1) is 0 Å². The predicted octanol–water partition coefficient (Wildman–Crippen LogP) is 1.89. The van der Waals surface area contributed by atoms with Crippen LogP contribution in [0.3, 0.4) is 0 Å². The smallest absolute Gasteiger partial charge is 0.230 e. The molecule has 5 heteroatoms. The van der Waals surface area contributed by atoms with Crippen LogP contribution in [-0.2, 0) is 7.05 Å². The number of carbonyl (C=O) groups is 1. The number of halogens is 1. The zero-order valence-corrected chi connectivity index (χ0v) is 9.40. The fourth-order valence-electron chi connectivity index (χ4n) is 1.44. The Morgan fingerprint density at radius 3 is 2.88 bits per heavy atom. The first-order valence-electron chi connectivity index (χ1n) is 4.67. The lowest BCUT2D eigenvalue weighted by Crippen LogP contribution is -2.11. The lowest BCUT2D eigenvalue weighted by molar-refractivity contribution is 0.102. The summed E-state index contributed by atoms with van der Waals surface area (Å²) < 4.78 is 1.64. The van der Waals surface area contributed by atoms with Crippen LogP contribution in [0.5, 0.6) is 0 Å². The molecule has 82 valence electrons. The van der Waals surface area contributed by atoms with Crippen LogP contribution in [0.2, 0.25) is 5.02 Å². The van der Waals surface area contributed by atoms with E-state index in [1.807, 2.05) is 0 Å².